The molecule has 1 aromatic carbocycles. The smallest absolute Gasteiger partial charge is 0.312 e. The number of aliphatic hydroxyl groups is 1. The van der Waals surface area contributed by atoms with Gasteiger partial charge in [-0.05, 0) is 110 Å². The number of Topliss-reactive ketones (excluding diaryl/α,β-unsaturated/α-hetero) is 1. The molecule has 1 N–H and O–H groups in total. The number of hydrogen-bond acceptors (Lipinski definition) is 6. The number of ether oxygens (including phenoxy) is 2. The van der Waals surface area contributed by atoms with Crippen LogP contribution in [0.2, 0.25) is 0 Å². The maximum Gasteiger partial charge on any atom is 0.312 e. The van der Waals surface area contributed by atoms with Crippen molar-refractivity contribution in [3.63, 3.8) is 0 Å². The van der Waals surface area contributed by atoms with E-state index in [9.17, 15) is 19.5 Å². The number of aliphatic hydroxyl groups excluding tert-OH is 1. The van der Waals surface area contributed by atoms with E-state index in [1.165, 1.54) is 6.92 Å². The Labute approximate surface area is 264 Å². The Bertz CT molecular complexity index is 1290. The number of carbonyl (C=O) groups excluding carboxylic acids is 3. The summed E-state index contributed by atoms with van der Waals surface area (Å²) in [6.07, 6.45) is 9.24. The molecule has 0 saturated heterocycles. The van der Waals surface area contributed by atoms with Gasteiger partial charge in [0.15, 0.2) is 5.78 Å². The molecule has 6 heteroatoms. The second-order valence-electron chi connectivity index (χ2n) is 16.6. The van der Waals surface area contributed by atoms with E-state index < -0.39 is 12.0 Å². The average Bonchev–Trinajstić information content (AvgIpc) is 3.39. The maximum absolute atomic E-state index is 14.2. The van der Waals surface area contributed by atoms with Crippen LogP contribution in [0.3, 0.4) is 0 Å². The SMILES string of the molecule is CC(=O)O[C@@H]1CC[C@@]2(C)C(CC[C@]3(C)C2CCC2C4[C@H](C(=O)CO)CC[C@]4(C(=O)OCc4ccccc4)CC[C@]23C)C1(C)C. The lowest BCUT2D eigenvalue weighted by molar-refractivity contribution is -0.251. The van der Waals surface area contributed by atoms with Crippen molar-refractivity contribution in [1.82, 2.24) is 0 Å². The van der Waals surface area contributed by atoms with Crippen LogP contribution in [0, 0.1) is 56.7 Å². The van der Waals surface area contributed by atoms with E-state index in [0.717, 1.165) is 56.9 Å². The van der Waals surface area contributed by atoms with Crippen LogP contribution in [-0.4, -0.2) is 35.5 Å². The predicted octanol–water partition coefficient (Wildman–Crippen LogP) is 7.30. The summed E-state index contributed by atoms with van der Waals surface area (Å²) in [6, 6.07) is 9.84. The second kappa shape index (κ2) is 11.0. The Morgan fingerprint density at radius 2 is 1.55 bits per heavy atom. The van der Waals surface area contributed by atoms with Crippen molar-refractivity contribution < 1.29 is 29.0 Å². The van der Waals surface area contributed by atoms with Crippen molar-refractivity contribution >= 4 is 17.7 Å². The lowest BCUT2D eigenvalue weighted by atomic mass is 9.32. The first-order valence-corrected chi connectivity index (χ1v) is 17.3. The second-order valence-corrected chi connectivity index (χ2v) is 16.6. The molecule has 5 aliphatic carbocycles. The largest absolute Gasteiger partial charge is 0.462 e. The standard InChI is InChI=1S/C38H54O6/c1-24(40)44-31-16-17-35(4)29(34(31,2)3)15-18-37(6)30(35)13-12-27-32-26(28(41)22-39)14-19-38(32,21-20-36(27,37)5)33(42)43-23-25-10-8-7-9-11-25/h7-11,26-27,29-32,39H,12-23H2,1-6H3/t26-,27?,29?,30?,31+,32?,35-,36+,37+,38-/m0/s1. The van der Waals surface area contributed by atoms with Gasteiger partial charge in [0.2, 0.25) is 0 Å². The van der Waals surface area contributed by atoms with Crippen LogP contribution in [0.25, 0.3) is 0 Å². The topological polar surface area (TPSA) is 89.9 Å². The van der Waals surface area contributed by atoms with Gasteiger partial charge in [0.25, 0.3) is 0 Å². The highest BCUT2D eigenvalue weighted by Gasteiger charge is 2.72. The van der Waals surface area contributed by atoms with Crippen LogP contribution in [0.5, 0.6) is 0 Å². The van der Waals surface area contributed by atoms with Gasteiger partial charge in [-0.2, -0.15) is 0 Å². The summed E-state index contributed by atoms with van der Waals surface area (Å²) in [5.41, 5.74) is 0.406. The fourth-order valence-corrected chi connectivity index (χ4v) is 12.7. The van der Waals surface area contributed by atoms with Crippen LogP contribution in [0.1, 0.15) is 111 Å². The Balaban J connectivity index is 1.32. The molecular formula is C38H54O6. The number of rotatable bonds is 6. The first-order chi connectivity index (χ1) is 20.7. The van der Waals surface area contributed by atoms with E-state index in [4.69, 9.17) is 9.47 Å². The third kappa shape index (κ3) is 4.47. The number of benzene rings is 1. The lowest BCUT2D eigenvalue weighted by Gasteiger charge is -2.72. The van der Waals surface area contributed by atoms with E-state index in [0.29, 0.717) is 24.7 Å². The highest BCUT2D eigenvalue weighted by Crippen LogP contribution is 2.77. The fraction of sp³-hybridized carbons (Fsp3) is 0.763. The molecule has 0 spiro atoms. The maximum atomic E-state index is 14.2. The highest BCUT2D eigenvalue weighted by atomic mass is 16.5. The molecule has 0 aromatic heterocycles. The third-order valence-corrected chi connectivity index (χ3v) is 14.9. The van der Waals surface area contributed by atoms with E-state index in [1.807, 2.05) is 30.3 Å². The van der Waals surface area contributed by atoms with Crippen molar-refractivity contribution in [3.05, 3.63) is 35.9 Å². The lowest BCUT2D eigenvalue weighted by Crippen LogP contribution is -2.67. The molecule has 242 valence electrons. The van der Waals surface area contributed by atoms with Gasteiger partial charge in [-0.25, -0.2) is 0 Å². The minimum atomic E-state index is -0.664. The minimum Gasteiger partial charge on any atom is -0.462 e. The van der Waals surface area contributed by atoms with Gasteiger partial charge in [0, 0.05) is 18.3 Å². The summed E-state index contributed by atoms with van der Waals surface area (Å²) in [5, 5.41) is 10.0. The van der Waals surface area contributed by atoms with Gasteiger partial charge in [-0.3, -0.25) is 14.4 Å². The van der Waals surface area contributed by atoms with Crippen molar-refractivity contribution in [3.8, 4) is 0 Å². The van der Waals surface area contributed by atoms with Gasteiger partial charge in [0.1, 0.15) is 19.3 Å². The Morgan fingerprint density at radius 1 is 0.818 bits per heavy atom. The number of carbonyl (C=O) groups is 3. The molecule has 0 amide bonds. The zero-order chi connectivity index (χ0) is 31.7. The average molecular weight is 607 g/mol. The monoisotopic (exact) mass is 606 g/mol. The minimum absolute atomic E-state index is 0.0209. The fourth-order valence-electron chi connectivity index (χ4n) is 12.7. The molecule has 1 aromatic rings. The number of hydrogen-bond donors (Lipinski definition) is 1. The highest BCUT2D eigenvalue weighted by molar-refractivity contribution is 5.86. The summed E-state index contributed by atoms with van der Waals surface area (Å²) in [7, 11) is 0. The molecular weight excluding hydrogens is 552 g/mol. The molecule has 0 bridgehead atoms. The van der Waals surface area contributed by atoms with E-state index in [1.54, 1.807) is 0 Å². The zero-order valence-electron chi connectivity index (χ0n) is 27.8. The van der Waals surface area contributed by atoms with Crippen molar-refractivity contribution in [1.29, 1.82) is 0 Å². The van der Waals surface area contributed by atoms with E-state index in [-0.39, 0.29) is 69.8 Å². The summed E-state index contributed by atoms with van der Waals surface area (Å²) in [4.78, 5) is 39.5. The molecule has 4 unspecified atom stereocenters. The molecule has 10 atom stereocenters. The van der Waals surface area contributed by atoms with Crippen molar-refractivity contribution in [2.75, 3.05) is 6.61 Å². The van der Waals surface area contributed by atoms with E-state index >= 15 is 0 Å². The van der Waals surface area contributed by atoms with Gasteiger partial charge < -0.3 is 14.6 Å². The first-order valence-electron chi connectivity index (χ1n) is 17.3. The molecule has 5 saturated carbocycles. The van der Waals surface area contributed by atoms with Gasteiger partial charge in [-0.1, -0.05) is 65.0 Å². The Hall–Kier alpha value is -2.21. The van der Waals surface area contributed by atoms with Crippen LogP contribution >= 0.6 is 0 Å². The molecule has 0 heterocycles. The molecule has 44 heavy (non-hydrogen) atoms. The van der Waals surface area contributed by atoms with Crippen LogP contribution < -0.4 is 0 Å². The quantitative estimate of drug-likeness (QED) is 0.342. The summed E-state index contributed by atoms with van der Waals surface area (Å²) < 4.78 is 12.0. The van der Waals surface area contributed by atoms with Crippen LogP contribution in [0.15, 0.2) is 30.3 Å². The number of ketones is 1. The summed E-state index contributed by atoms with van der Waals surface area (Å²) in [5.74, 6) is 0.408. The molecule has 0 radical (unpaired) electrons. The summed E-state index contributed by atoms with van der Waals surface area (Å²) >= 11 is 0. The third-order valence-electron chi connectivity index (χ3n) is 14.9. The number of fused-ring (bicyclic) bond motifs is 7. The van der Waals surface area contributed by atoms with E-state index in [2.05, 4.69) is 34.6 Å². The Morgan fingerprint density at radius 3 is 2.23 bits per heavy atom. The van der Waals surface area contributed by atoms with Crippen molar-refractivity contribution in [2.24, 2.45) is 56.7 Å². The molecule has 6 rings (SSSR count). The first kappa shape index (κ1) is 31.8. The van der Waals surface area contributed by atoms with Gasteiger partial charge in [0.05, 0.1) is 5.41 Å². The molecule has 6 nitrogen and oxygen atoms in total. The van der Waals surface area contributed by atoms with Gasteiger partial charge in [-0.15, -0.1) is 0 Å². The predicted molar refractivity (Wildman–Crippen MR) is 168 cm³/mol. The van der Waals surface area contributed by atoms with Crippen LogP contribution in [-0.2, 0) is 30.5 Å². The molecule has 0 aliphatic heterocycles. The normalized spacial score (nSPS) is 43.9. The number of esters is 2. The Kier molecular flexibility index (Phi) is 7.91. The molecule has 5 aliphatic rings. The van der Waals surface area contributed by atoms with Crippen LogP contribution in [0.4, 0.5) is 0 Å². The van der Waals surface area contributed by atoms with Crippen molar-refractivity contribution in [2.45, 2.75) is 118 Å². The summed E-state index contributed by atoms with van der Waals surface area (Å²) in [6.45, 7) is 13.5. The molecule has 5 fully saturated rings. The van der Waals surface area contributed by atoms with Gasteiger partial charge >= 0.3 is 11.9 Å². The zero-order valence-corrected chi connectivity index (χ0v) is 27.8.